The molecule has 0 radical (unpaired) electrons. The molecule has 0 bridgehead atoms. The van der Waals surface area contributed by atoms with Crippen LogP contribution >= 0.6 is 15.9 Å². The first-order valence-electron chi connectivity index (χ1n) is 5.72. The summed E-state index contributed by atoms with van der Waals surface area (Å²) >= 11 is 3.21. The van der Waals surface area contributed by atoms with E-state index in [0.717, 1.165) is 0 Å². The molecule has 1 atom stereocenters. The lowest BCUT2D eigenvalue weighted by Crippen LogP contribution is -2.37. The normalized spacial score (nSPS) is 18.6. The van der Waals surface area contributed by atoms with Gasteiger partial charge in [0.2, 0.25) is 0 Å². The van der Waals surface area contributed by atoms with E-state index in [1.165, 1.54) is 31.9 Å². The molecular weight excluding hydrogens is 270 g/mol. The Bertz CT molecular complexity index is 369. The van der Waals surface area contributed by atoms with Crippen LogP contribution < -0.4 is 5.32 Å². The van der Waals surface area contributed by atoms with Gasteiger partial charge in [0.15, 0.2) is 4.67 Å². The summed E-state index contributed by atoms with van der Waals surface area (Å²) in [5.41, 5.74) is 0.574. The minimum atomic E-state index is -0.0555. The standard InChI is InChI=1S/C12H16BrNO2/c1-8(9-4-2-3-5-9)14-12(15)10-6-7-16-11(10)13/h6-9H,2-5H2,1H3,(H,14,15). The van der Waals surface area contributed by atoms with E-state index >= 15 is 0 Å². The van der Waals surface area contributed by atoms with Crippen molar-refractivity contribution in [1.29, 1.82) is 0 Å². The van der Waals surface area contributed by atoms with Gasteiger partial charge in [-0.05, 0) is 47.7 Å². The van der Waals surface area contributed by atoms with Gasteiger partial charge >= 0.3 is 0 Å². The zero-order valence-corrected chi connectivity index (χ0v) is 10.9. The number of rotatable bonds is 3. The van der Waals surface area contributed by atoms with Gasteiger partial charge in [-0.3, -0.25) is 4.79 Å². The van der Waals surface area contributed by atoms with E-state index in [4.69, 9.17) is 4.42 Å². The van der Waals surface area contributed by atoms with Gasteiger partial charge in [0.05, 0.1) is 11.8 Å². The molecule has 0 saturated heterocycles. The Morgan fingerprint density at radius 1 is 1.56 bits per heavy atom. The van der Waals surface area contributed by atoms with Gasteiger partial charge in [-0.2, -0.15) is 0 Å². The minimum absolute atomic E-state index is 0.0555. The van der Waals surface area contributed by atoms with Crippen molar-refractivity contribution >= 4 is 21.8 Å². The van der Waals surface area contributed by atoms with Crippen LogP contribution in [-0.4, -0.2) is 11.9 Å². The Hall–Kier alpha value is -0.770. The van der Waals surface area contributed by atoms with Gasteiger partial charge < -0.3 is 9.73 Å². The maximum atomic E-state index is 11.9. The van der Waals surface area contributed by atoms with E-state index in [1.807, 2.05) is 0 Å². The Morgan fingerprint density at radius 3 is 2.81 bits per heavy atom. The van der Waals surface area contributed by atoms with Crippen molar-refractivity contribution in [2.24, 2.45) is 5.92 Å². The van der Waals surface area contributed by atoms with Gasteiger partial charge in [-0.1, -0.05) is 12.8 Å². The molecule has 88 valence electrons. The first-order valence-corrected chi connectivity index (χ1v) is 6.51. The van der Waals surface area contributed by atoms with Crippen molar-refractivity contribution in [1.82, 2.24) is 5.32 Å². The zero-order chi connectivity index (χ0) is 11.5. The second-order valence-corrected chi connectivity index (χ2v) is 5.13. The van der Waals surface area contributed by atoms with Crippen molar-refractivity contribution in [3.63, 3.8) is 0 Å². The highest BCUT2D eigenvalue weighted by atomic mass is 79.9. The molecule has 3 nitrogen and oxygen atoms in total. The van der Waals surface area contributed by atoms with E-state index in [2.05, 4.69) is 28.2 Å². The molecule has 1 N–H and O–H groups in total. The molecular formula is C12H16BrNO2. The number of halogens is 1. The second-order valence-electron chi connectivity index (χ2n) is 4.41. The molecule has 16 heavy (non-hydrogen) atoms. The highest BCUT2D eigenvalue weighted by molar-refractivity contribution is 9.10. The quantitative estimate of drug-likeness (QED) is 0.925. The number of nitrogens with one attached hydrogen (secondary N) is 1. The zero-order valence-electron chi connectivity index (χ0n) is 9.33. The summed E-state index contributed by atoms with van der Waals surface area (Å²) in [5, 5.41) is 3.04. The molecule has 4 heteroatoms. The number of carbonyl (C=O) groups excluding carboxylic acids is 1. The van der Waals surface area contributed by atoms with Crippen molar-refractivity contribution in [3.8, 4) is 0 Å². The molecule has 0 aromatic carbocycles. The third kappa shape index (κ3) is 2.48. The van der Waals surface area contributed by atoms with E-state index in [0.29, 0.717) is 16.2 Å². The number of amides is 1. The number of carbonyl (C=O) groups is 1. The fourth-order valence-corrected chi connectivity index (χ4v) is 2.74. The van der Waals surface area contributed by atoms with Crippen LogP contribution in [0.2, 0.25) is 0 Å². The average molecular weight is 286 g/mol. The Kier molecular flexibility index (Phi) is 3.69. The van der Waals surface area contributed by atoms with Gasteiger partial charge in [0.1, 0.15) is 0 Å². The monoisotopic (exact) mass is 285 g/mol. The molecule has 1 fully saturated rings. The molecule has 1 aromatic heterocycles. The van der Waals surface area contributed by atoms with E-state index in [-0.39, 0.29) is 11.9 Å². The third-order valence-electron chi connectivity index (χ3n) is 3.33. The third-order valence-corrected chi connectivity index (χ3v) is 3.94. The van der Waals surface area contributed by atoms with Crippen LogP contribution in [0.3, 0.4) is 0 Å². The summed E-state index contributed by atoms with van der Waals surface area (Å²) < 4.78 is 5.55. The Labute approximate surface area is 104 Å². The van der Waals surface area contributed by atoms with Gasteiger partial charge in [0.25, 0.3) is 5.91 Å². The first kappa shape index (κ1) is 11.7. The number of hydrogen-bond acceptors (Lipinski definition) is 2. The molecule has 1 unspecified atom stereocenters. The van der Waals surface area contributed by atoms with Crippen LogP contribution in [0.4, 0.5) is 0 Å². The van der Waals surface area contributed by atoms with Crippen molar-refractivity contribution in [2.75, 3.05) is 0 Å². The van der Waals surface area contributed by atoms with Crippen molar-refractivity contribution in [2.45, 2.75) is 38.6 Å². The molecule has 0 aliphatic heterocycles. The smallest absolute Gasteiger partial charge is 0.255 e. The average Bonchev–Trinajstić information content (AvgIpc) is 2.86. The molecule has 1 aromatic rings. The minimum Gasteiger partial charge on any atom is -0.457 e. The fourth-order valence-electron chi connectivity index (χ4n) is 2.32. The highest BCUT2D eigenvalue weighted by Crippen LogP contribution is 2.28. The van der Waals surface area contributed by atoms with E-state index in [1.54, 1.807) is 6.07 Å². The summed E-state index contributed by atoms with van der Waals surface area (Å²) in [7, 11) is 0. The van der Waals surface area contributed by atoms with Crippen LogP contribution in [0, 0.1) is 5.92 Å². The predicted molar refractivity (Wildman–Crippen MR) is 65.3 cm³/mol. The van der Waals surface area contributed by atoms with Crippen LogP contribution in [0.1, 0.15) is 43.0 Å². The van der Waals surface area contributed by atoms with Crippen LogP contribution in [0.25, 0.3) is 0 Å². The van der Waals surface area contributed by atoms with E-state index in [9.17, 15) is 4.79 Å². The molecule has 0 spiro atoms. The first-order chi connectivity index (χ1) is 7.68. The summed E-state index contributed by atoms with van der Waals surface area (Å²) in [4.78, 5) is 11.9. The molecule has 1 heterocycles. The summed E-state index contributed by atoms with van der Waals surface area (Å²) in [6.45, 7) is 2.09. The maximum Gasteiger partial charge on any atom is 0.255 e. The Balaban J connectivity index is 1.94. The molecule has 1 amide bonds. The number of furan rings is 1. The van der Waals surface area contributed by atoms with Crippen molar-refractivity contribution < 1.29 is 9.21 Å². The van der Waals surface area contributed by atoms with Crippen LogP contribution in [0.5, 0.6) is 0 Å². The number of hydrogen-bond donors (Lipinski definition) is 1. The lowest BCUT2D eigenvalue weighted by atomic mass is 9.99. The molecule has 1 saturated carbocycles. The lowest BCUT2D eigenvalue weighted by Gasteiger charge is -2.19. The van der Waals surface area contributed by atoms with Crippen LogP contribution in [-0.2, 0) is 0 Å². The van der Waals surface area contributed by atoms with Crippen molar-refractivity contribution in [3.05, 3.63) is 22.6 Å². The molecule has 1 aliphatic rings. The topological polar surface area (TPSA) is 42.2 Å². The summed E-state index contributed by atoms with van der Waals surface area (Å²) in [6.07, 6.45) is 6.56. The fraction of sp³-hybridized carbons (Fsp3) is 0.583. The van der Waals surface area contributed by atoms with Crippen LogP contribution in [0.15, 0.2) is 21.4 Å². The highest BCUT2D eigenvalue weighted by Gasteiger charge is 2.24. The summed E-state index contributed by atoms with van der Waals surface area (Å²) in [5.74, 6) is 0.578. The van der Waals surface area contributed by atoms with E-state index < -0.39 is 0 Å². The molecule has 1 aliphatic carbocycles. The molecule has 2 rings (SSSR count). The maximum absolute atomic E-state index is 11.9. The van der Waals surface area contributed by atoms with Gasteiger partial charge in [0, 0.05) is 6.04 Å². The largest absolute Gasteiger partial charge is 0.457 e. The second kappa shape index (κ2) is 5.04. The lowest BCUT2D eigenvalue weighted by molar-refractivity contribution is 0.0925. The Morgan fingerprint density at radius 2 is 2.25 bits per heavy atom. The predicted octanol–water partition coefficient (Wildman–Crippen LogP) is 3.35. The summed E-state index contributed by atoms with van der Waals surface area (Å²) in [6, 6.07) is 1.93. The van der Waals surface area contributed by atoms with Gasteiger partial charge in [-0.15, -0.1) is 0 Å². The SMILES string of the molecule is CC(NC(=O)c1ccoc1Br)C1CCCC1. The van der Waals surface area contributed by atoms with Gasteiger partial charge in [-0.25, -0.2) is 0 Å².